The number of rotatable bonds is 10. The number of aryl methyl sites for hydroxylation is 1. The van der Waals surface area contributed by atoms with Crippen LogP contribution in [0.15, 0.2) is 15.8 Å². The van der Waals surface area contributed by atoms with E-state index >= 15 is 0 Å². The largest absolute Gasteiger partial charge is 0.388 e. The van der Waals surface area contributed by atoms with Crippen LogP contribution >= 0.6 is 0 Å². The van der Waals surface area contributed by atoms with E-state index in [-0.39, 0.29) is 18.8 Å². The molecule has 1 unspecified atom stereocenters. The third kappa shape index (κ3) is 5.62. The number of ether oxygens (including phenoxy) is 2. The summed E-state index contributed by atoms with van der Waals surface area (Å²) >= 11 is 0. The number of hydrogen-bond donors (Lipinski definition) is 2. The minimum Gasteiger partial charge on any atom is -0.388 e. The Morgan fingerprint density at radius 2 is 2.08 bits per heavy atom. The normalized spacial score (nSPS) is 22.7. The molecule has 1 aliphatic rings. The van der Waals surface area contributed by atoms with Crippen LogP contribution in [0.2, 0.25) is 0 Å². The van der Waals surface area contributed by atoms with E-state index in [2.05, 4.69) is 11.9 Å². The maximum atomic E-state index is 11.9. The predicted octanol–water partition coefficient (Wildman–Crippen LogP) is 1.40. The van der Waals surface area contributed by atoms with Gasteiger partial charge in [-0.1, -0.05) is 32.6 Å². The van der Waals surface area contributed by atoms with Gasteiger partial charge >= 0.3 is 5.69 Å². The minimum absolute atomic E-state index is 0.0298. The Morgan fingerprint density at radius 1 is 1.35 bits per heavy atom. The lowest BCUT2D eigenvalue weighted by Crippen LogP contribution is -2.33. The highest BCUT2D eigenvalue weighted by atomic mass is 16.7. The summed E-state index contributed by atoms with van der Waals surface area (Å²) in [6, 6.07) is 0. The summed E-state index contributed by atoms with van der Waals surface area (Å²) in [5.74, 6) is -0.0298. The van der Waals surface area contributed by atoms with Gasteiger partial charge in [0.05, 0.1) is 0 Å². The lowest BCUT2D eigenvalue weighted by molar-refractivity contribution is -0.180. The van der Waals surface area contributed by atoms with E-state index in [4.69, 9.17) is 9.47 Å². The number of nitrogens with one attached hydrogen (secondary N) is 1. The van der Waals surface area contributed by atoms with Gasteiger partial charge in [-0.05, 0) is 13.3 Å². The predicted molar refractivity (Wildman–Crippen MR) is 94.9 cm³/mol. The number of ketones is 1. The van der Waals surface area contributed by atoms with Crippen molar-refractivity contribution in [3.63, 3.8) is 0 Å². The van der Waals surface area contributed by atoms with Crippen LogP contribution < -0.4 is 11.2 Å². The number of H-pyrrole nitrogens is 1. The minimum atomic E-state index is -0.969. The first kappa shape index (κ1) is 20.5. The number of unbranched alkanes of at least 4 members (excludes halogenated alkanes) is 4. The van der Waals surface area contributed by atoms with Gasteiger partial charge in [-0.2, -0.15) is 0 Å². The molecule has 0 saturated carbocycles. The number of Topliss-reactive ketones (excluding diaryl/α,β-unsaturated/α-hetero) is 1. The first-order valence-electron chi connectivity index (χ1n) is 9.21. The number of aromatic nitrogens is 2. The highest BCUT2D eigenvalue weighted by molar-refractivity contribution is 5.79. The number of aliphatic hydroxyl groups is 1. The van der Waals surface area contributed by atoms with Gasteiger partial charge in [0.25, 0.3) is 5.56 Å². The standard InChI is InChI=1S/C18H28N2O6/c1-3-4-5-6-7-8-13(21)11-25-17-14(22)9-15(26-17)20-10-12(2)16(23)19-18(20)24/h10,14-15,17,22H,3-9,11H2,1-2H3,(H,19,23,24)/t14-,15?,17-/m0/s1. The highest BCUT2D eigenvalue weighted by Gasteiger charge is 2.36. The SMILES string of the molecule is CCCCCCCC(=O)CO[C@H]1OC(n2cc(C)c(=O)[nH]c2=O)C[C@@H]1O. The van der Waals surface area contributed by atoms with Gasteiger partial charge in [0.15, 0.2) is 12.1 Å². The highest BCUT2D eigenvalue weighted by Crippen LogP contribution is 2.28. The number of carbonyl (C=O) groups is 1. The molecular formula is C18H28N2O6. The monoisotopic (exact) mass is 368 g/mol. The van der Waals surface area contributed by atoms with Crippen LogP contribution in [-0.2, 0) is 14.3 Å². The van der Waals surface area contributed by atoms with E-state index in [1.54, 1.807) is 6.92 Å². The van der Waals surface area contributed by atoms with Gasteiger partial charge in [-0.15, -0.1) is 0 Å². The summed E-state index contributed by atoms with van der Waals surface area (Å²) in [6.45, 7) is 3.59. The first-order valence-corrected chi connectivity index (χ1v) is 9.21. The first-order chi connectivity index (χ1) is 12.4. The molecule has 8 heteroatoms. The van der Waals surface area contributed by atoms with Crippen LogP contribution in [0, 0.1) is 6.92 Å². The molecule has 2 heterocycles. The molecule has 0 bridgehead atoms. The summed E-state index contributed by atoms with van der Waals surface area (Å²) in [4.78, 5) is 37.4. The molecule has 1 aromatic rings. The van der Waals surface area contributed by atoms with Crippen LogP contribution in [0.1, 0.15) is 63.7 Å². The zero-order valence-electron chi connectivity index (χ0n) is 15.4. The molecule has 0 aliphatic carbocycles. The number of nitrogens with zero attached hydrogens (tertiary/aromatic N) is 1. The van der Waals surface area contributed by atoms with Crippen LogP contribution in [0.5, 0.6) is 0 Å². The fourth-order valence-corrected chi connectivity index (χ4v) is 2.92. The van der Waals surface area contributed by atoms with Crippen molar-refractivity contribution in [1.82, 2.24) is 9.55 Å². The molecule has 2 N–H and O–H groups in total. The van der Waals surface area contributed by atoms with E-state index in [0.717, 1.165) is 25.7 Å². The second kappa shape index (κ2) is 9.80. The Bertz CT molecular complexity index is 710. The number of aromatic amines is 1. The molecule has 8 nitrogen and oxygen atoms in total. The molecular weight excluding hydrogens is 340 g/mol. The average molecular weight is 368 g/mol. The molecule has 0 radical (unpaired) electrons. The molecule has 1 aliphatic heterocycles. The van der Waals surface area contributed by atoms with Crippen LogP contribution in [0.3, 0.4) is 0 Å². The summed E-state index contributed by atoms with van der Waals surface area (Å²) in [5, 5.41) is 10.1. The lowest BCUT2D eigenvalue weighted by Gasteiger charge is -2.16. The summed E-state index contributed by atoms with van der Waals surface area (Å²) < 4.78 is 12.2. The maximum Gasteiger partial charge on any atom is 0.330 e. The van der Waals surface area contributed by atoms with Crippen molar-refractivity contribution in [3.8, 4) is 0 Å². The number of aliphatic hydroxyl groups excluding tert-OH is 1. The quantitative estimate of drug-likeness (QED) is 0.604. The Labute approximate surface area is 152 Å². The Kier molecular flexibility index (Phi) is 7.74. The second-order valence-electron chi connectivity index (χ2n) is 6.75. The van der Waals surface area contributed by atoms with Crippen LogP contribution in [0.4, 0.5) is 0 Å². The third-order valence-corrected chi connectivity index (χ3v) is 4.47. The molecule has 0 spiro atoms. The molecule has 3 atom stereocenters. The van der Waals surface area contributed by atoms with E-state index in [1.165, 1.54) is 17.2 Å². The molecule has 0 amide bonds. The summed E-state index contributed by atoms with van der Waals surface area (Å²) in [7, 11) is 0. The fraction of sp³-hybridized carbons (Fsp3) is 0.722. The smallest absolute Gasteiger partial charge is 0.330 e. The molecule has 1 aromatic heterocycles. The van der Waals surface area contributed by atoms with E-state index < -0.39 is 29.9 Å². The van der Waals surface area contributed by atoms with E-state index in [0.29, 0.717) is 12.0 Å². The van der Waals surface area contributed by atoms with Gasteiger partial charge in [-0.25, -0.2) is 4.79 Å². The molecule has 1 fully saturated rings. The van der Waals surface area contributed by atoms with Gasteiger partial charge < -0.3 is 14.6 Å². The Hall–Kier alpha value is -1.77. The van der Waals surface area contributed by atoms with Crippen molar-refractivity contribution >= 4 is 5.78 Å². The average Bonchev–Trinajstić information content (AvgIpc) is 2.96. The molecule has 26 heavy (non-hydrogen) atoms. The van der Waals surface area contributed by atoms with E-state index in [9.17, 15) is 19.5 Å². The third-order valence-electron chi connectivity index (χ3n) is 4.47. The van der Waals surface area contributed by atoms with Crippen molar-refractivity contribution in [2.45, 2.75) is 77.4 Å². The van der Waals surface area contributed by atoms with Gasteiger partial charge in [0.2, 0.25) is 0 Å². The van der Waals surface area contributed by atoms with Crippen molar-refractivity contribution in [1.29, 1.82) is 0 Å². The molecule has 2 rings (SSSR count). The second-order valence-corrected chi connectivity index (χ2v) is 6.75. The lowest BCUT2D eigenvalue weighted by atomic mass is 10.1. The zero-order chi connectivity index (χ0) is 19.1. The van der Waals surface area contributed by atoms with Gasteiger partial charge in [0.1, 0.15) is 18.9 Å². The fourth-order valence-electron chi connectivity index (χ4n) is 2.92. The summed E-state index contributed by atoms with van der Waals surface area (Å²) in [5.41, 5.74) is -0.700. The van der Waals surface area contributed by atoms with Crippen molar-refractivity contribution in [2.75, 3.05) is 6.61 Å². The van der Waals surface area contributed by atoms with Gasteiger partial charge in [0, 0.05) is 24.6 Å². The van der Waals surface area contributed by atoms with E-state index in [1.807, 2.05) is 0 Å². The molecule has 0 aromatic carbocycles. The Morgan fingerprint density at radius 3 is 2.81 bits per heavy atom. The Balaban J connectivity index is 1.82. The number of carbonyl (C=O) groups excluding carboxylic acids is 1. The topological polar surface area (TPSA) is 111 Å². The van der Waals surface area contributed by atoms with Crippen molar-refractivity contribution in [2.24, 2.45) is 0 Å². The summed E-state index contributed by atoms with van der Waals surface area (Å²) in [6.07, 6.45) is 4.65. The van der Waals surface area contributed by atoms with Crippen molar-refractivity contribution in [3.05, 3.63) is 32.6 Å². The van der Waals surface area contributed by atoms with Crippen LogP contribution in [-0.4, -0.2) is 39.4 Å². The number of hydrogen-bond acceptors (Lipinski definition) is 6. The van der Waals surface area contributed by atoms with Crippen LogP contribution in [0.25, 0.3) is 0 Å². The maximum absolute atomic E-state index is 11.9. The molecule has 146 valence electrons. The van der Waals surface area contributed by atoms with Gasteiger partial charge in [-0.3, -0.25) is 19.1 Å². The van der Waals surface area contributed by atoms with Crippen molar-refractivity contribution < 1.29 is 19.4 Å². The molecule has 1 saturated heterocycles. The zero-order valence-corrected chi connectivity index (χ0v) is 15.4.